The highest BCUT2D eigenvalue weighted by Gasteiger charge is 2.34. The minimum absolute atomic E-state index is 0.202. The third-order valence-corrected chi connectivity index (χ3v) is 6.20. The van der Waals surface area contributed by atoms with E-state index in [4.69, 9.17) is 9.90 Å². The van der Waals surface area contributed by atoms with Crippen molar-refractivity contribution in [2.45, 2.75) is 39.3 Å². The molecule has 0 saturated heterocycles. The zero-order chi connectivity index (χ0) is 19.2. The molecule has 2 aromatic rings. The number of hydrogen-bond acceptors (Lipinski definition) is 5. The molecule has 0 saturated carbocycles. The molecule has 1 aromatic carbocycles. The molecule has 1 aliphatic rings. The summed E-state index contributed by atoms with van der Waals surface area (Å²) in [6.45, 7) is 4.64. The Balaban J connectivity index is 0.000000758. The molecule has 0 radical (unpaired) electrons. The fourth-order valence-corrected chi connectivity index (χ4v) is 4.70. The molecule has 1 aliphatic heterocycles. The summed E-state index contributed by atoms with van der Waals surface area (Å²) in [5.41, 5.74) is 0.946. The molecule has 1 N–H and O–H groups in total. The van der Waals surface area contributed by atoms with Gasteiger partial charge in [-0.05, 0) is 13.3 Å². The predicted octanol–water partition coefficient (Wildman–Crippen LogP) is 2.15. The van der Waals surface area contributed by atoms with Crippen molar-refractivity contribution in [1.29, 1.82) is 0 Å². The number of carboxylic acid groups (broad SMARTS) is 1. The molecule has 142 valence electrons. The van der Waals surface area contributed by atoms with Crippen LogP contribution in [0.1, 0.15) is 38.6 Å². The Morgan fingerprint density at radius 1 is 1.27 bits per heavy atom. The van der Waals surface area contributed by atoms with Crippen molar-refractivity contribution in [3.8, 4) is 11.4 Å². The van der Waals surface area contributed by atoms with Crippen molar-refractivity contribution < 1.29 is 18.3 Å². The Morgan fingerprint density at radius 3 is 2.54 bits per heavy atom. The summed E-state index contributed by atoms with van der Waals surface area (Å²) in [5.74, 6) is 1.57. The molecule has 2 heterocycles. The van der Waals surface area contributed by atoms with Gasteiger partial charge in [0, 0.05) is 12.1 Å². The highest BCUT2D eigenvalue weighted by Crippen LogP contribution is 2.28. The summed E-state index contributed by atoms with van der Waals surface area (Å²) in [6, 6.07) is 9.48. The van der Waals surface area contributed by atoms with Crippen molar-refractivity contribution in [2.75, 3.05) is 12.3 Å². The van der Waals surface area contributed by atoms with Crippen molar-refractivity contribution in [3.05, 3.63) is 36.2 Å². The number of sulfonamides is 1. The molecule has 0 unspecified atom stereocenters. The van der Waals surface area contributed by atoms with E-state index in [0.29, 0.717) is 25.3 Å². The smallest absolute Gasteiger partial charge is 0.290 e. The van der Waals surface area contributed by atoms with Crippen LogP contribution in [0.15, 0.2) is 30.3 Å². The fraction of sp³-hybridized carbons (Fsp3) is 0.471. The molecule has 1 aromatic heterocycles. The lowest BCUT2D eigenvalue weighted by atomic mass is 10.2. The molecular formula is C17H24N4O4S. The Morgan fingerprint density at radius 2 is 1.92 bits per heavy atom. The Bertz CT molecular complexity index is 821. The molecule has 8 nitrogen and oxygen atoms in total. The van der Waals surface area contributed by atoms with Gasteiger partial charge in [-0.2, -0.15) is 9.40 Å². The van der Waals surface area contributed by atoms with Crippen LogP contribution in [-0.2, 0) is 21.4 Å². The first-order chi connectivity index (χ1) is 12.4. The van der Waals surface area contributed by atoms with E-state index in [9.17, 15) is 8.42 Å². The van der Waals surface area contributed by atoms with E-state index in [2.05, 4.69) is 10.1 Å². The molecule has 26 heavy (non-hydrogen) atoms. The molecule has 9 heteroatoms. The number of unbranched alkanes of at least 4 members (excludes halogenated alkanes) is 1. The monoisotopic (exact) mass is 380 g/mol. The van der Waals surface area contributed by atoms with Gasteiger partial charge >= 0.3 is 0 Å². The van der Waals surface area contributed by atoms with Gasteiger partial charge in [0.15, 0.2) is 5.82 Å². The van der Waals surface area contributed by atoms with E-state index >= 15 is 0 Å². The van der Waals surface area contributed by atoms with E-state index < -0.39 is 10.0 Å². The zero-order valence-corrected chi connectivity index (χ0v) is 15.8. The van der Waals surface area contributed by atoms with Crippen molar-refractivity contribution >= 4 is 16.5 Å². The molecule has 0 bridgehead atoms. The fourth-order valence-electron chi connectivity index (χ4n) is 2.88. The Hall–Kier alpha value is -2.26. The average Bonchev–Trinajstić information content (AvgIpc) is 3.07. The number of rotatable bonds is 5. The number of hydrogen-bond donors (Lipinski definition) is 1. The second-order valence-corrected chi connectivity index (χ2v) is 7.99. The van der Waals surface area contributed by atoms with E-state index in [0.717, 1.165) is 17.8 Å². The summed E-state index contributed by atoms with van der Waals surface area (Å²) >= 11 is 0. The lowest BCUT2D eigenvalue weighted by molar-refractivity contribution is -0.122. The van der Waals surface area contributed by atoms with Crippen LogP contribution >= 0.6 is 0 Å². The maximum Gasteiger partial charge on any atom is 0.290 e. The van der Waals surface area contributed by atoms with Crippen LogP contribution in [-0.4, -0.2) is 51.4 Å². The van der Waals surface area contributed by atoms with Crippen LogP contribution < -0.4 is 0 Å². The lowest BCUT2D eigenvalue weighted by Gasteiger charge is -2.31. The quantitative estimate of drug-likeness (QED) is 0.797. The highest BCUT2D eigenvalue weighted by molar-refractivity contribution is 7.89. The first-order valence-electron chi connectivity index (χ1n) is 8.52. The highest BCUT2D eigenvalue weighted by atomic mass is 32.2. The van der Waals surface area contributed by atoms with Crippen LogP contribution in [0.25, 0.3) is 11.4 Å². The Labute approximate surface area is 153 Å². The summed E-state index contributed by atoms with van der Waals surface area (Å²) in [7, 11) is -3.24. The first kappa shape index (κ1) is 20.1. The maximum absolute atomic E-state index is 12.5. The number of benzene rings is 1. The van der Waals surface area contributed by atoms with Gasteiger partial charge in [0.1, 0.15) is 5.82 Å². The van der Waals surface area contributed by atoms with Crippen LogP contribution in [0.4, 0.5) is 0 Å². The number of nitrogens with zero attached hydrogens (tertiary/aromatic N) is 4. The van der Waals surface area contributed by atoms with Gasteiger partial charge in [0.05, 0.1) is 18.3 Å². The number of carbonyl (C=O) groups is 1. The molecule has 3 rings (SSSR count). The minimum atomic E-state index is -3.24. The topological polar surface area (TPSA) is 105 Å². The van der Waals surface area contributed by atoms with Gasteiger partial charge in [0.25, 0.3) is 6.47 Å². The summed E-state index contributed by atoms with van der Waals surface area (Å²) in [4.78, 5) is 13.0. The van der Waals surface area contributed by atoms with Crippen LogP contribution in [0.3, 0.4) is 0 Å². The van der Waals surface area contributed by atoms with E-state index in [-0.39, 0.29) is 18.3 Å². The minimum Gasteiger partial charge on any atom is -0.483 e. The lowest BCUT2D eigenvalue weighted by Crippen LogP contribution is -2.42. The molecule has 1 atom stereocenters. The van der Waals surface area contributed by atoms with Gasteiger partial charge in [0.2, 0.25) is 10.0 Å². The third kappa shape index (κ3) is 4.47. The number of aromatic nitrogens is 3. The van der Waals surface area contributed by atoms with Gasteiger partial charge < -0.3 is 5.11 Å². The molecule has 0 spiro atoms. The number of fused-ring (bicyclic) bond motifs is 1. The van der Waals surface area contributed by atoms with Gasteiger partial charge in [-0.25, -0.2) is 18.1 Å². The van der Waals surface area contributed by atoms with Gasteiger partial charge in [-0.15, -0.1) is 0 Å². The second-order valence-electron chi connectivity index (χ2n) is 5.94. The van der Waals surface area contributed by atoms with Crippen molar-refractivity contribution in [1.82, 2.24) is 19.1 Å². The average molecular weight is 380 g/mol. The molecular weight excluding hydrogens is 356 g/mol. The first-order valence-corrected chi connectivity index (χ1v) is 10.1. The van der Waals surface area contributed by atoms with Gasteiger partial charge in [-0.1, -0.05) is 43.7 Å². The molecule has 0 aliphatic carbocycles. The summed E-state index contributed by atoms with van der Waals surface area (Å²) in [6.07, 6.45) is 1.56. The Kier molecular flexibility index (Phi) is 6.87. The van der Waals surface area contributed by atoms with Crippen LogP contribution in [0.2, 0.25) is 0 Å². The van der Waals surface area contributed by atoms with Crippen molar-refractivity contribution in [3.63, 3.8) is 0 Å². The molecule has 0 fully saturated rings. The maximum atomic E-state index is 12.5. The van der Waals surface area contributed by atoms with Crippen molar-refractivity contribution in [2.24, 2.45) is 0 Å². The molecule has 0 amide bonds. The van der Waals surface area contributed by atoms with E-state index in [1.165, 1.54) is 0 Å². The van der Waals surface area contributed by atoms with Gasteiger partial charge in [-0.3, -0.25) is 4.79 Å². The van der Waals surface area contributed by atoms with E-state index in [1.54, 1.807) is 4.31 Å². The largest absolute Gasteiger partial charge is 0.483 e. The summed E-state index contributed by atoms with van der Waals surface area (Å²) in [5, 5.41) is 11.4. The third-order valence-electron chi connectivity index (χ3n) is 4.18. The van der Waals surface area contributed by atoms with Crippen LogP contribution in [0.5, 0.6) is 0 Å². The zero-order valence-electron chi connectivity index (χ0n) is 14.9. The standard InChI is InChI=1S/C16H22N4O2S.CH2O2/c1-3-4-12-23(21,22)20-11-10-19-16(13(20)2)17-15(18-19)14-8-6-5-7-9-14;2-1-3/h5-9,13H,3-4,10-12H2,1-2H3;1H,(H,2,3)/t13-;/m0./s1. The predicted molar refractivity (Wildman–Crippen MR) is 98.0 cm³/mol. The normalized spacial score (nSPS) is 17.1. The SMILES string of the molecule is CCCCS(=O)(=O)N1CCn2nc(-c3ccccc3)nc2[C@@H]1C.O=CO. The summed E-state index contributed by atoms with van der Waals surface area (Å²) < 4.78 is 28.4. The van der Waals surface area contributed by atoms with E-state index in [1.807, 2.05) is 48.9 Å². The van der Waals surface area contributed by atoms with Crippen LogP contribution in [0, 0.1) is 0 Å². The second kappa shape index (κ2) is 8.91.